The summed E-state index contributed by atoms with van der Waals surface area (Å²) < 4.78 is 0. The minimum absolute atomic E-state index is 0.140. The first-order chi connectivity index (χ1) is 10.0. The van der Waals surface area contributed by atoms with Crippen LogP contribution in [0, 0.1) is 13.8 Å². The lowest BCUT2D eigenvalue weighted by molar-refractivity contribution is 0.594. The fourth-order valence-corrected chi connectivity index (χ4v) is 2.96. The Labute approximate surface area is 137 Å². The van der Waals surface area contributed by atoms with Gasteiger partial charge in [0.05, 0.1) is 16.1 Å². The summed E-state index contributed by atoms with van der Waals surface area (Å²) >= 11 is 12.2. The van der Waals surface area contributed by atoms with Crippen LogP contribution in [0.5, 0.6) is 0 Å². The van der Waals surface area contributed by atoms with Crippen LogP contribution in [-0.2, 0) is 0 Å². The molecule has 1 N–H and O–H groups in total. The molecule has 0 aliphatic carbocycles. The largest absolute Gasteiger partial charge is 0.306 e. The molecule has 0 saturated carbocycles. The van der Waals surface area contributed by atoms with Crippen molar-refractivity contribution in [3.8, 4) is 0 Å². The molecular formula is C18H21Cl2N. The third-order valence-corrected chi connectivity index (χ3v) is 4.45. The van der Waals surface area contributed by atoms with Crippen LogP contribution in [0.15, 0.2) is 36.4 Å². The monoisotopic (exact) mass is 321 g/mol. The molecule has 21 heavy (non-hydrogen) atoms. The van der Waals surface area contributed by atoms with Crippen LogP contribution in [0.25, 0.3) is 0 Å². The summed E-state index contributed by atoms with van der Waals surface area (Å²) in [6.07, 6.45) is 1.09. The molecule has 0 saturated heterocycles. The van der Waals surface area contributed by atoms with Crippen molar-refractivity contribution in [2.45, 2.75) is 33.2 Å². The molecule has 0 fully saturated rings. The van der Waals surface area contributed by atoms with Gasteiger partial charge in [-0.2, -0.15) is 0 Å². The van der Waals surface area contributed by atoms with E-state index in [-0.39, 0.29) is 6.04 Å². The van der Waals surface area contributed by atoms with Gasteiger partial charge in [0.25, 0.3) is 0 Å². The molecule has 0 bridgehead atoms. The van der Waals surface area contributed by atoms with Crippen LogP contribution in [0.3, 0.4) is 0 Å². The van der Waals surface area contributed by atoms with Crippen molar-refractivity contribution in [1.82, 2.24) is 5.32 Å². The Morgan fingerprint density at radius 1 is 1.00 bits per heavy atom. The maximum atomic E-state index is 6.20. The Balaban J connectivity index is 2.49. The van der Waals surface area contributed by atoms with Gasteiger partial charge < -0.3 is 5.32 Å². The molecule has 112 valence electrons. The van der Waals surface area contributed by atoms with Crippen molar-refractivity contribution < 1.29 is 0 Å². The highest BCUT2D eigenvalue weighted by Crippen LogP contribution is 2.31. The third kappa shape index (κ3) is 3.79. The maximum Gasteiger partial charge on any atom is 0.0595 e. The van der Waals surface area contributed by atoms with Crippen LogP contribution in [0.2, 0.25) is 10.0 Å². The van der Waals surface area contributed by atoms with E-state index in [0.717, 1.165) is 18.5 Å². The summed E-state index contributed by atoms with van der Waals surface area (Å²) in [5.74, 6) is 0. The van der Waals surface area contributed by atoms with Gasteiger partial charge in [0, 0.05) is 0 Å². The number of halogens is 2. The predicted octanol–water partition coefficient (Wildman–Crippen LogP) is 5.70. The molecule has 0 radical (unpaired) electrons. The first-order valence-corrected chi connectivity index (χ1v) is 8.04. The van der Waals surface area contributed by atoms with Gasteiger partial charge in [-0.15, -0.1) is 0 Å². The summed E-state index contributed by atoms with van der Waals surface area (Å²) in [5, 5.41) is 4.82. The lowest BCUT2D eigenvalue weighted by atomic mass is 9.91. The molecule has 1 unspecified atom stereocenters. The molecule has 0 aliphatic heterocycles. The zero-order chi connectivity index (χ0) is 15.4. The zero-order valence-corrected chi connectivity index (χ0v) is 14.2. The molecule has 0 spiro atoms. The number of rotatable bonds is 5. The average molecular weight is 322 g/mol. The van der Waals surface area contributed by atoms with E-state index >= 15 is 0 Å². The lowest BCUT2D eigenvalue weighted by Crippen LogP contribution is -2.24. The molecule has 0 aromatic heterocycles. The summed E-state index contributed by atoms with van der Waals surface area (Å²) in [7, 11) is 0. The predicted molar refractivity (Wildman–Crippen MR) is 92.5 cm³/mol. The van der Waals surface area contributed by atoms with E-state index in [4.69, 9.17) is 23.2 Å². The standard InChI is InChI=1S/C18H21Cl2N/c1-4-10-21-18(14-8-9-15(19)16(20)11-14)17-12(2)6-5-7-13(17)3/h5-9,11,18,21H,4,10H2,1-3H3. The summed E-state index contributed by atoms with van der Waals surface area (Å²) in [4.78, 5) is 0. The van der Waals surface area contributed by atoms with Gasteiger partial charge >= 0.3 is 0 Å². The second kappa shape index (κ2) is 7.31. The minimum Gasteiger partial charge on any atom is -0.306 e. The highest BCUT2D eigenvalue weighted by atomic mass is 35.5. The van der Waals surface area contributed by atoms with Crippen LogP contribution in [0.1, 0.15) is 41.6 Å². The van der Waals surface area contributed by atoms with Crippen LogP contribution in [0.4, 0.5) is 0 Å². The van der Waals surface area contributed by atoms with Crippen molar-refractivity contribution in [3.05, 3.63) is 68.7 Å². The van der Waals surface area contributed by atoms with Gasteiger partial charge in [-0.1, -0.05) is 54.4 Å². The Bertz CT molecular complexity index is 602. The quantitative estimate of drug-likeness (QED) is 0.744. The van der Waals surface area contributed by atoms with Gasteiger partial charge in [-0.3, -0.25) is 0 Å². The van der Waals surface area contributed by atoms with E-state index in [1.807, 2.05) is 18.2 Å². The van der Waals surface area contributed by atoms with Crippen molar-refractivity contribution in [2.24, 2.45) is 0 Å². The number of aryl methyl sites for hydroxylation is 2. The molecule has 1 nitrogen and oxygen atoms in total. The van der Waals surface area contributed by atoms with E-state index in [9.17, 15) is 0 Å². The molecule has 2 aromatic rings. The number of hydrogen-bond acceptors (Lipinski definition) is 1. The maximum absolute atomic E-state index is 6.20. The normalized spacial score (nSPS) is 12.4. The highest BCUT2D eigenvalue weighted by Gasteiger charge is 2.18. The Hall–Kier alpha value is -1.02. The molecule has 2 aromatic carbocycles. The molecule has 3 heteroatoms. The Kier molecular flexibility index (Phi) is 5.69. The fourth-order valence-electron chi connectivity index (χ4n) is 2.65. The average Bonchev–Trinajstić information content (AvgIpc) is 2.45. The molecule has 0 heterocycles. The van der Waals surface area contributed by atoms with Gasteiger partial charge in [-0.05, 0) is 61.2 Å². The SMILES string of the molecule is CCCNC(c1ccc(Cl)c(Cl)c1)c1c(C)cccc1C. The van der Waals surface area contributed by atoms with E-state index < -0.39 is 0 Å². The van der Waals surface area contributed by atoms with Gasteiger partial charge in [-0.25, -0.2) is 0 Å². The van der Waals surface area contributed by atoms with Gasteiger partial charge in [0.1, 0.15) is 0 Å². The molecular weight excluding hydrogens is 301 g/mol. The fraction of sp³-hybridized carbons (Fsp3) is 0.333. The van der Waals surface area contributed by atoms with Crippen molar-refractivity contribution in [3.63, 3.8) is 0 Å². The summed E-state index contributed by atoms with van der Waals surface area (Å²) in [6.45, 7) is 7.43. The van der Waals surface area contributed by atoms with Crippen molar-refractivity contribution in [2.75, 3.05) is 6.54 Å². The number of nitrogens with one attached hydrogen (secondary N) is 1. The summed E-state index contributed by atoms with van der Waals surface area (Å²) in [5.41, 5.74) is 5.05. The lowest BCUT2D eigenvalue weighted by Gasteiger charge is -2.24. The second-order valence-corrected chi connectivity index (χ2v) is 6.18. The van der Waals surface area contributed by atoms with Crippen molar-refractivity contribution in [1.29, 1.82) is 0 Å². The third-order valence-electron chi connectivity index (χ3n) is 3.71. The number of benzene rings is 2. The zero-order valence-electron chi connectivity index (χ0n) is 12.7. The first kappa shape index (κ1) is 16.4. The van der Waals surface area contributed by atoms with Gasteiger partial charge in [0.15, 0.2) is 0 Å². The van der Waals surface area contributed by atoms with E-state index in [2.05, 4.69) is 44.3 Å². The van der Waals surface area contributed by atoms with Crippen LogP contribution < -0.4 is 5.32 Å². The first-order valence-electron chi connectivity index (χ1n) is 7.29. The van der Waals surface area contributed by atoms with E-state index in [1.54, 1.807) is 0 Å². The smallest absolute Gasteiger partial charge is 0.0595 e. The molecule has 0 amide bonds. The van der Waals surface area contributed by atoms with Crippen molar-refractivity contribution >= 4 is 23.2 Å². The topological polar surface area (TPSA) is 12.0 Å². The second-order valence-electron chi connectivity index (χ2n) is 5.37. The minimum atomic E-state index is 0.140. The molecule has 2 rings (SSSR count). The Morgan fingerprint density at radius 2 is 1.67 bits per heavy atom. The van der Waals surface area contributed by atoms with Crippen LogP contribution in [-0.4, -0.2) is 6.54 Å². The highest BCUT2D eigenvalue weighted by molar-refractivity contribution is 6.42. The Morgan fingerprint density at radius 3 is 2.24 bits per heavy atom. The van der Waals surface area contributed by atoms with E-state index in [0.29, 0.717) is 10.0 Å². The van der Waals surface area contributed by atoms with Gasteiger partial charge in [0.2, 0.25) is 0 Å². The van der Waals surface area contributed by atoms with Crippen LogP contribution >= 0.6 is 23.2 Å². The molecule has 0 aliphatic rings. The summed E-state index contributed by atoms with van der Waals surface area (Å²) in [6, 6.07) is 12.4. The number of hydrogen-bond donors (Lipinski definition) is 1. The molecule has 1 atom stereocenters. The van der Waals surface area contributed by atoms with E-state index in [1.165, 1.54) is 16.7 Å².